The zero-order chi connectivity index (χ0) is 26.8. The molecule has 1 unspecified atom stereocenters. The van der Waals surface area contributed by atoms with Crippen molar-refractivity contribution in [2.45, 2.75) is 95.1 Å². The van der Waals surface area contributed by atoms with Gasteiger partial charge in [-0.1, -0.05) is 37.3 Å². The smallest absolute Gasteiger partial charge is 0.407 e. The van der Waals surface area contributed by atoms with E-state index in [0.29, 0.717) is 31.4 Å². The summed E-state index contributed by atoms with van der Waals surface area (Å²) in [5.41, 5.74) is 2.22. The highest BCUT2D eigenvalue weighted by Crippen LogP contribution is 2.47. The Labute approximate surface area is 220 Å². The van der Waals surface area contributed by atoms with E-state index in [1.54, 1.807) is 19.1 Å². The molecule has 2 amide bonds. The monoisotopic (exact) mass is 520 g/mol. The lowest BCUT2D eigenvalue weighted by Gasteiger charge is -2.35. The number of epoxide rings is 1. The maximum absolute atomic E-state index is 13.0. The molecule has 0 aromatic rings. The molecule has 3 heterocycles. The van der Waals surface area contributed by atoms with Crippen LogP contribution in [0.4, 0.5) is 4.79 Å². The molecule has 0 radical (unpaired) electrons. The summed E-state index contributed by atoms with van der Waals surface area (Å²) in [6.07, 6.45) is 8.78. The van der Waals surface area contributed by atoms with Gasteiger partial charge >= 0.3 is 6.09 Å². The van der Waals surface area contributed by atoms with E-state index < -0.39 is 16.6 Å². The third-order valence-electron chi connectivity index (χ3n) is 7.62. The van der Waals surface area contributed by atoms with Crippen molar-refractivity contribution in [1.29, 1.82) is 0 Å². The van der Waals surface area contributed by atoms with E-state index in [-0.39, 0.29) is 36.2 Å². The van der Waals surface area contributed by atoms with Gasteiger partial charge in [-0.05, 0) is 52.2 Å². The van der Waals surface area contributed by atoms with Gasteiger partial charge in [0.05, 0.1) is 28.7 Å². The Balaban J connectivity index is 1.93. The molecular weight excluding hydrogens is 480 g/mol. The summed E-state index contributed by atoms with van der Waals surface area (Å²) in [7, 11) is 3.38. The number of likely N-dealkylation sites (N-methyl/N-ethyl adjacent to an activating group) is 1. The highest BCUT2D eigenvalue weighted by atomic mass is 35.5. The zero-order valence-electron chi connectivity index (χ0n) is 22.6. The molecule has 2 saturated heterocycles. The lowest BCUT2D eigenvalue weighted by atomic mass is 9.86. The number of allylic oxidation sites excluding steroid dienone is 5. The number of fused-ring (bicyclic) bond motifs is 3. The summed E-state index contributed by atoms with van der Waals surface area (Å²) in [5.74, 6) is -0.0518. The van der Waals surface area contributed by atoms with Crippen molar-refractivity contribution in [3.63, 3.8) is 0 Å². The molecule has 3 rings (SSSR count). The normalized spacial score (nSPS) is 38.6. The van der Waals surface area contributed by atoms with Crippen LogP contribution in [-0.4, -0.2) is 65.9 Å². The second-order valence-corrected chi connectivity index (χ2v) is 11.9. The average molecular weight is 521 g/mol. The number of carbonyl (C=O) groups excluding carboxylic acids is 2. The molecule has 0 saturated carbocycles. The van der Waals surface area contributed by atoms with Crippen LogP contribution >= 0.6 is 11.6 Å². The highest BCUT2D eigenvalue weighted by molar-refractivity contribution is 6.25. The summed E-state index contributed by atoms with van der Waals surface area (Å²) in [6, 6.07) is -0.225. The first-order chi connectivity index (χ1) is 16.7. The Morgan fingerprint density at radius 2 is 2.03 bits per heavy atom. The fourth-order valence-corrected chi connectivity index (χ4v) is 5.13. The minimum absolute atomic E-state index is 0.0199. The molecule has 0 aromatic heterocycles. The van der Waals surface area contributed by atoms with Gasteiger partial charge in [0.25, 0.3) is 0 Å². The molecular formula is C28H41ClN2O5. The second-order valence-electron chi connectivity index (χ2n) is 11.0. The van der Waals surface area contributed by atoms with Gasteiger partial charge in [0.1, 0.15) is 6.10 Å². The molecule has 6 atom stereocenters. The highest BCUT2D eigenvalue weighted by Gasteiger charge is 2.57. The number of alkyl carbamates (subject to hydrolysis) is 1. The fraction of sp³-hybridized carbons (Fsp3) is 0.643. The van der Waals surface area contributed by atoms with Crippen LogP contribution in [0.5, 0.6) is 0 Å². The lowest BCUT2D eigenvalue weighted by molar-refractivity contribution is -0.128. The van der Waals surface area contributed by atoms with E-state index >= 15 is 0 Å². The van der Waals surface area contributed by atoms with Crippen molar-refractivity contribution < 1.29 is 23.8 Å². The quantitative estimate of drug-likeness (QED) is 0.396. The van der Waals surface area contributed by atoms with Gasteiger partial charge in [-0.3, -0.25) is 4.79 Å². The topological polar surface area (TPSA) is 80.4 Å². The zero-order valence-corrected chi connectivity index (χ0v) is 23.4. The minimum Gasteiger partial charge on any atom is -0.446 e. The third kappa shape index (κ3) is 6.81. The molecule has 2 fully saturated rings. The predicted octanol–water partition coefficient (Wildman–Crippen LogP) is 5.26. The Hall–Kier alpha value is -2.09. The van der Waals surface area contributed by atoms with Crippen LogP contribution in [0.25, 0.3) is 0 Å². The number of ether oxygens (including phenoxy) is 3. The van der Waals surface area contributed by atoms with E-state index in [4.69, 9.17) is 25.8 Å². The Kier molecular flexibility index (Phi) is 8.79. The summed E-state index contributed by atoms with van der Waals surface area (Å²) < 4.78 is 17.4. The minimum atomic E-state index is -0.612. The molecule has 0 spiro atoms. The van der Waals surface area contributed by atoms with Crippen molar-refractivity contribution in [3.8, 4) is 0 Å². The Morgan fingerprint density at radius 1 is 1.33 bits per heavy atom. The number of nitrogens with zero attached hydrogens (tertiary/aromatic N) is 1. The lowest BCUT2D eigenvalue weighted by Crippen LogP contribution is -2.53. The van der Waals surface area contributed by atoms with Crippen LogP contribution in [0.2, 0.25) is 0 Å². The van der Waals surface area contributed by atoms with E-state index in [1.165, 1.54) is 0 Å². The van der Waals surface area contributed by atoms with E-state index in [9.17, 15) is 9.59 Å². The van der Waals surface area contributed by atoms with Crippen LogP contribution < -0.4 is 5.32 Å². The molecule has 7 nitrogen and oxygen atoms in total. The van der Waals surface area contributed by atoms with E-state index in [1.807, 2.05) is 58.9 Å². The van der Waals surface area contributed by atoms with Crippen LogP contribution in [0.1, 0.15) is 60.3 Å². The third-order valence-corrected chi connectivity index (χ3v) is 7.86. The number of rotatable bonds is 2. The largest absolute Gasteiger partial charge is 0.446 e. The Bertz CT molecular complexity index is 965. The number of nitrogens with one attached hydrogen (secondary N) is 1. The van der Waals surface area contributed by atoms with Gasteiger partial charge in [0.15, 0.2) is 0 Å². The predicted molar refractivity (Wildman–Crippen MR) is 142 cm³/mol. The number of hydrogen-bond donors (Lipinski definition) is 1. The average Bonchev–Trinajstić information content (AvgIpc) is 3.48. The fourth-order valence-electron chi connectivity index (χ4n) is 5.01. The van der Waals surface area contributed by atoms with Gasteiger partial charge in [-0.2, -0.15) is 0 Å². The molecule has 200 valence electrons. The van der Waals surface area contributed by atoms with Crippen molar-refractivity contribution in [2.24, 2.45) is 5.92 Å². The van der Waals surface area contributed by atoms with Crippen molar-refractivity contribution in [1.82, 2.24) is 10.2 Å². The standard InChI is InChI=1S/C28H41ClN2O5/c1-17-10-9-11-22(34-8)21-16-23(35-26(33)30-21)19(3)25-28(6,36-25)13-12-24(32)31(7)18(2)15-20(14-17)27(4,5)29/h9-11,15,19,21-23,25H,2,12-14,16H2,1,3-8H3,(H,30,33)/b11-9+,17-10+,20-15-/t19-,21?,22-,23+,25+,28+/m1/s1. The van der Waals surface area contributed by atoms with Gasteiger partial charge in [-0.25, -0.2) is 4.79 Å². The molecule has 3 aliphatic rings. The van der Waals surface area contributed by atoms with E-state index in [2.05, 4.69) is 11.9 Å². The first-order valence-electron chi connectivity index (χ1n) is 12.6. The molecule has 3 aliphatic heterocycles. The van der Waals surface area contributed by atoms with Crippen LogP contribution in [-0.2, 0) is 19.0 Å². The molecule has 36 heavy (non-hydrogen) atoms. The molecule has 0 aliphatic carbocycles. The van der Waals surface area contributed by atoms with Gasteiger partial charge in [0, 0.05) is 38.6 Å². The maximum atomic E-state index is 13.0. The van der Waals surface area contributed by atoms with Crippen molar-refractivity contribution in [2.75, 3.05) is 14.2 Å². The van der Waals surface area contributed by atoms with Gasteiger partial charge < -0.3 is 24.4 Å². The van der Waals surface area contributed by atoms with Crippen LogP contribution in [0.15, 0.2) is 47.7 Å². The molecule has 2 bridgehead atoms. The summed E-state index contributed by atoms with van der Waals surface area (Å²) in [6.45, 7) is 14.1. The number of halogens is 1. The number of hydrogen-bond acceptors (Lipinski definition) is 5. The number of carbonyl (C=O) groups is 2. The SMILES string of the molecule is C=C1/C=C(\C(C)(C)Cl)C/C(C)=C/C=C/[C@@H](OC)C2C[C@H](OC(=O)N2)[C@@H](C)[C@@H]2O[C@@]2(C)CCC(=O)N1C. The first kappa shape index (κ1) is 28.5. The van der Waals surface area contributed by atoms with Crippen molar-refractivity contribution in [3.05, 3.63) is 47.7 Å². The first-order valence-corrected chi connectivity index (χ1v) is 13.0. The number of methoxy groups -OCH3 is 1. The number of alkyl halides is 1. The maximum Gasteiger partial charge on any atom is 0.407 e. The van der Waals surface area contributed by atoms with Crippen LogP contribution in [0, 0.1) is 5.92 Å². The number of amides is 2. The molecule has 8 heteroatoms. The molecule has 1 N–H and O–H groups in total. The van der Waals surface area contributed by atoms with Crippen molar-refractivity contribution >= 4 is 23.6 Å². The van der Waals surface area contributed by atoms with Crippen LogP contribution in [0.3, 0.4) is 0 Å². The Morgan fingerprint density at radius 3 is 2.67 bits per heavy atom. The second kappa shape index (κ2) is 11.1. The summed E-state index contributed by atoms with van der Waals surface area (Å²) in [4.78, 5) is 26.4. The summed E-state index contributed by atoms with van der Waals surface area (Å²) in [5, 5.41) is 2.90. The van der Waals surface area contributed by atoms with E-state index in [0.717, 1.165) is 11.1 Å². The molecule has 0 aromatic carbocycles. The van der Waals surface area contributed by atoms with Gasteiger partial charge in [-0.15, -0.1) is 11.6 Å². The van der Waals surface area contributed by atoms with Gasteiger partial charge in [0.2, 0.25) is 5.91 Å². The summed E-state index contributed by atoms with van der Waals surface area (Å²) >= 11 is 6.71.